The smallest absolute Gasteiger partial charge is 0.260 e. The highest BCUT2D eigenvalue weighted by Crippen LogP contribution is 2.26. The molecule has 1 aromatic rings. The topological polar surface area (TPSA) is 65.8 Å². The molecule has 0 aliphatic rings. The van der Waals surface area contributed by atoms with Gasteiger partial charge in [0.25, 0.3) is 0 Å². The van der Waals surface area contributed by atoms with E-state index in [0.717, 1.165) is 22.6 Å². The monoisotopic (exact) mass is 399 g/mol. The summed E-state index contributed by atoms with van der Waals surface area (Å²) in [4.78, 5) is 4.37. The second-order valence-corrected chi connectivity index (χ2v) is 8.03. The first-order valence-electron chi connectivity index (χ1n) is 5.16. The number of nitriles is 1. The predicted octanol–water partition coefficient (Wildman–Crippen LogP) is 2.09. The maximum atomic E-state index is 12.8. The summed E-state index contributed by atoms with van der Waals surface area (Å²) in [5, 5.41) is 8.52. The fourth-order valence-corrected chi connectivity index (χ4v) is 2.62. The Bertz CT molecular complexity index is 610. The standard InChI is InChI=1S/C11H12F2IN3OS/c1-8(19(2,18)17-7-15)9-3-4-10(16-6-9)5-11(12,13)14/h3-4,6H,5H2,1-2H3,(H,17,18). The average Bonchev–Trinajstić information content (AvgIpc) is 2.27. The lowest BCUT2D eigenvalue weighted by Gasteiger charge is -2.10. The fraction of sp³-hybridized carbons (Fsp3) is 0.364. The van der Waals surface area contributed by atoms with Gasteiger partial charge in [0.15, 0.2) is 6.19 Å². The van der Waals surface area contributed by atoms with Gasteiger partial charge in [0.1, 0.15) is 0 Å². The molecule has 104 valence electrons. The first-order valence-corrected chi connectivity index (χ1v) is 8.21. The number of nitrogens with one attached hydrogen (secondary N) is 1. The van der Waals surface area contributed by atoms with Crippen molar-refractivity contribution in [1.82, 2.24) is 9.71 Å². The van der Waals surface area contributed by atoms with E-state index in [1.807, 2.05) is 0 Å². The molecule has 1 heterocycles. The van der Waals surface area contributed by atoms with Crippen molar-refractivity contribution in [2.75, 3.05) is 6.26 Å². The molecule has 1 unspecified atom stereocenters. The largest absolute Gasteiger partial charge is 0.302 e. The molecule has 0 amide bonds. The van der Waals surface area contributed by atoms with Gasteiger partial charge >= 0.3 is 3.93 Å². The molecule has 0 aromatic carbocycles. The van der Waals surface area contributed by atoms with E-state index in [4.69, 9.17) is 5.26 Å². The third kappa shape index (κ3) is 4.91. The van der Waals surface area contributed by atoms with Gasteiger partial charge in [-0.05, 0) is 35.6 Å². The lowest BCUT2D eigenvalue weighted by Crippen LogP contribution is -2.24. The highest BCUT2D eigenvalue weighted by molar-refractivity contribution is 14.1. The van der Waals surface area contributed by atoms with Crippen LogP contribution < -0.4 is 4.72 Å². The Morgan fingerprint density at radius 2 is 2.26 bits per heavy atom. The van der Waals surface area contributed by atoms with Gasteiger partial charge in [0.05, 0.1) is 16.1 Å². The lowest BCUT2D eigenvalue weighted by molar-refractivity contribution is 0.127. The number of halogens is 3. The van der Waals surface area contributed by atoms with Crippen LogP contribution in [0.4, 0.5) is 8.78 Å². The summed E-state index contributed by atoms with van der Waals surface area (Å²) in [6.07, 6.45) is 3.97. The van der Waals surface area contributed by atoms with E-state index in [1.165, 1.54) is 18.5 Å². The van der Waals surface area contributed by atoms with E-state index in [1.54, 1.807) is 19.2 Å². The van der Waals surface area contributed by atoms with Crippen molar-refractivity contribution in [1.29, 1.82) is 5.26 Å². The van der Waals surface area contributed by atoms with Gasteiger partial charge in [-0.2, -0.15) is 14.0 Å². The van der Waals surface area contributed by atoms with Crippen molar-refractivity contribution < 1.29 is 13.0 Å². The van der Waals surface area contributed by atoms with Crippen molar-refractivity contribution in [2.45, 2.75) is 17.3 Å². The van der Waals surface area contributed by atoms with E-state index >= 15 is 0 Å². The maximum absolute atomic E-state index is 12.8. The summed E-state index contributed by atoms with van der Waals surface area (Å²) < 4.78 is 37.1. The molecule has 0 saturated heterocycles. The molecule has 0 aliphatic carbocycles. The molecule has 1 atom stereocenters. The van der Waals surface area contributed by atoms with Crippen LogP contribution in [0.1, 0.15) is 18.2 Å². The second-order valence-electron chi connectivity index (χ2n) is 3.94. The second kappa shape index (κ2) is 6.00. The number of aromatic nitrogens is 1. The molecule has 0 spiro atoms. The van der Waals surface area contributed by atoms with Crippen molar-refractivity contribution in [3.8, 4) is 6.19 Å². The normalized spacial score (nSPS) is 14.3. The van der Waals surface area contributed by atoms with Gasteiger partial charge in [-0.1, -0.05) is 6.07 Å². The van der Waals surface area contributed by atoms with Gasteiger partial charge < -0.3 is 0 Å². The third-order valence-corrected chi connectivity index (χ3v) is 4.70. The Hall–Kier alpha value is -0.950. The first kappa shape index (κ1) is 16.1. The van der Waals surface area contributed by atoms with Crippen LogP contribution in [-0.4, -0.2) is 24.2 Å². The quantitative estimate of drug-likeness (QED) is 0.211. The third-order valence-electron chi connectivity index (χ3n) is 2.44. The summed E-state index contributed by atoms with van der Waals surface area (Å²) in [5.41, 5.74) is 0.808. The van der Waals surface area contributed by atoms with Crippen LogP contribution >= 0.6 is 22.6 Å². The van der Waals surface area contributed by atoms with Crippen LogP contribution in [0.3, 0.4) is 0 Å². The zero-order chi connectivity index (χ0) is 14.7. The van der Waals surface area contributed by atoms with Crippen molar-refractivity contribution in [3.05, 3.63) is 29.6 Å². The van der Waals surface area contributed by atoms with Crippen LogP contribution in [0, 0.1) is 11.5 Å². The van der Waals surface area contributed by atoms with E-state index in [9.17, 15) is 13.0 Å². The maximum Gasteiger partial charge on any atom is 0.302 e. The number of alkyl halides is 3. The molecule has 19 heavy (non-hydrogen) atoms. The number of pyridine rings is 1. The minimum absolute atomic E-state index is 0.256. The zero-order valence-corrected chi connectivity index (χ0v) is 13.3. The molecular weight excluding hydrogens is 387 g/mol. The highest BCUT2D eigenvalue weighted by atomic mass is 127. The molecule has 4 nitrogen and oxygen atoms in total. The zero-order valence-electron chi connectivity index (χ0n) is 10.3. The predicted molar refractivity (Wildman–Crippen MR) is 79.5 cm³/mol. The summed E-state index contributed by atoms with van der Waals surface area (Å²) in [6.45, 7) is 1.61. The van der Waals surface area contributed by atoms with Crippen LogP contribution in [0.25, 0.3) is 0 Å². The molecule has 0 bridgehead atoms. The molecule has 1 rings (SSSR count). The molecule has 0 saturated carbocycles. The van der Waals surface area contributed by atoms with Crippen LogP contribution in [-0.2, 0) is 16.1 Å². The molecule has 0 aliphatic heterocycles. The van der Waals surface area contributed by atoms with Crippen molar-refractivity contribution in [2.24, 2.45) is 0 Å². The fourth-order valence-electron chi connectivity index (χ4n) is 1.33. The highest BCUT2D eigenvalue weighted by Gasteiger charge is 2.24. The number of hydrogen-bond acceptors (Lipinski definition) is 3. The van der Waals surface area contributed by atoms with Gasteiger partial charge in [0, 0.05) is 28.6 Å². The Kier molecular flexibility index (Phi) is 5.09. The lowest BCUT2D eigenvalue weighted by atomic mass is 10.2. The van der Waals surface area contributed by atoms with Crippen LogP contribution in [0.5, 0.6) is 0 Å². The molecule has 8 heteroatoms. The average molecular weight is 399 g/mol. The minimum Gasteiger partial charge on any atom is -0.260 e. The van der Waals surface area contributed by atoms with E-state index in [0.29, 0.717) is 10.4 Å². The van der Waals surface area contributed by atoms with Crippen molar-refractivity contribution >= 4 is 37.2 Å². The Morgan fingerprint density at radius 3 is 2.68 bits per heavy atom. The number of hydrogen-bond donors (Lipinski definition) is 1. The summed E-state index contributed by atoms with van der Waals surface area (Å²) >= 11 is 1.06. The van der Waals surface area contributed by atoms with E-state index in [-0.39, 0.29) is 5.69 Å². The van der Waals surface area contributed by atoms with Gasteiger partial charge in [-0.3, -0.25) is 4.98 Å². The molecule has 1 aromatic heterocycles. The van der Waals surface area contributed by atoms with Gasteiger partial charge in [0.2, 0.25) is 0 Å². The van der Waals surface area contributed by atoms with Crippen LogP contribution in [0.2, 0.25) is 0 Å². The minimum atomic E-state index is -2.84. The summed E-state index contributed by atoms with van der Waals surface area (Å²) in [5.74, 6) is 0. The molecule has 0 fully saturated rings. The van der Waals surface area contributed by atoms with E-state index < -0.39 is 20.1 Å². The van der Waals surface area contributed by atoms with Crippen molar-refractivity contribution in [3.63, 3.8) is 0 Å². The number of nitrogens with zero attached hydrogens (tertiary/aromatic N) is 2. The Labute approximate surface area is 124 Å². The first-order chi connectivity index (χ1) is 8.65. The van der Waals surface area contributed by atoms with Crippen LogP contribution in [0.15, 0.2) is 18.3 Å². The Balaban J connectivity index is 3.07. The number of rotatable bonds is 4. The molecule has 0 radical (unpaired) electrons. The van der Waals surface area contributed by atoms with Gasteiger partial charge in [-0.25, -0.2) is 8.93 Å². The Morgan fingerprint density at radius 1 is 1.63 bits per heavy atom. The summed E-state index contributed by atoms with van der Waals surface area (Å²) in [6, 6.07) is 3.04. The molecular formula is C11H12F2IN3OS. The summed E-state index contributed by atoms with van der Waals surface area (Å²) in [7, 11) is -2.65. The van der Waals surface area contributed by atoms with Gasteiger partial charge in [-0.15, -0.1) is 0 Å². The molecule has 1 N–H and O–H groups in total. The van der Waals surface area contributed by atoms with E-state index in [2.05, 4.69) is 9.71 Å². The SMILES string of the molecule is CC(c1ccc(CC(F)(F)I)nc1)=S(C)(=O)NC#N.